The van der Waals surface area contributed by atoms with Gasteiger partial charge in [0, 0.05) is 12.2 Å². The molecule has 0 spiro atoms. The molecule has 1 fully saturated rings. The summed E-state index contributed by atoms with van der Waals surface area (Å²) in [5, 5.41) is 0. The number of carbonyl (C=O) groups excluding carboxylic acids is 1. The first-order valence-electron chi connectivity index (χ1n) is 6.15. The van der Waals surface area contributed by atoms with Gasteiger partial charge >= 0.3 is 0 Å². The lowest BCUT2D eigenvalue weighted by atomic mass is 9.95. The standard InChI is InChI=1S/C14H19NO3/c1-4-18-14(2)9-15(10-14)13(16)11-6-5-7-12(8-11)17-3/h5-8H,4,9-10H2,1-3H3. The van der Waals surface area contributed by atoms with Gasteiger partial charge in [0.2, 0.25) is 0 Å². The molecule has 0 N–H and O–H groups in total. The molecule has 1 aliphatic rings. The Morgan fingerprint density at radius 2 is 2.17 bits per heavy atom. The maximum absolute atomic E-state index is 12.2. The number of ether oxygens (including phenoxy) is 2. The van der Waals surface area contributed by atoms with Gasteiger partial charge in [-0.25, -0.2) is 0 Å². The molecule has 1 amide bonds. The van der Waals surface area contributed by atoms with Crippen molar-refractivity contribution in [1.82, 2.24) is 4.90 Å². The molecule has 0 bridgehead atoms. The van der Waals surface area contributed by atoms with Gasteiger partial charge in [0.1, 0.15) is 11.4 Å². The van der Waals surface area contributed by atoms with Gasteiger partial charge in [0.05, 0.1) is 20.2 Å². The molecule has 4 nitrogen and oxygen atoms in total. The second-order valence-electron chi connectivity index (χ2n) is 4.78. The molecule has 0 aliphatic carbocycles. The summed E-state index contributed by atoms with van der Waals surface area (Å²) in [6.07, 6.45) is 0. The van der Waals surface area contributed by atoms with Crippen LogP contribution in [0.2, 0.25) is 0 Å². The van der Waals surface area contributed by atoms with Crippen LogP contribution in [-0.2, 0) is 4.74 Å². The third kappa shape index (κ3) is 2.48. The molecule has 0 saturated carbocycles. The Labute approximate surface area is 107 Å². The van der Waals surface area contributed by atoms with Crippen molar-refractivity contribution in [3.05, 3.63) is 29.8 Å². The first-order chi connectivity index (χ1) is 8.58. The predicted molar refractivity (Wildman–Crippen MR) is 68.9 cm³/mol. The van der Waals surface area contributed by atoms with E-state index in [4.69, 9.17) is 9.47 Å². The molecule has 1 saturated heterocycles. The number of carbonyl (C=O) groups is 1. The van der Waals surface area contributed by atoms with Crippen molar-refractivity contribution in [3.8, 4) is 5.75 Å². The van der Waals surface area contributed by atoms with Crippen LogP contribution in [0.25, 0.3) is 0 Å². The highest BCUT2D eigenvalue weighted by Gasteiger charge is 2.42. The molecular weight excluding hydrogens is 230 g/mol. The van der Waals surface area contributed by atoms with Gasteiger partial charge in [0.25, 0.3) is 5.91 Å². The van der Waals surface area contributed by atoms with Crippen LogP contribution >= 0.6 is 0 Å². The molecule has 0 radical (unpaired) electrons. The molecule has 0 unspecified atom stereocenters. The van der Waals surface area contributed by atoms with E-state index >= 15 is 0 Å². The average Bonchev–Trinajstić information content (AvgIpc) is 2.35. The summed E-state index contributed by atoms with van der Waals surface area (Å²) in [7, 11) is 1.60. The second kappa shape index (κ2) is 4.98. The molecular formula is C14H19NO3. The smallest absolute Gasteiger partial charge is 0.254 e. The largest absolute Gasteiger partial charge is 0.497 e. The predicted octanol–water partition coefficient (Wildman–Crippen LogP) is 1.95. The van der Waals surface area contributed by atoms with Crippen LogP contribution in [0.1, 0.15) is 24.2 Å². The molecule has 4 heteroatoms. The van der Waals surface area contributed by atoms with E-state index in [1.807, 2.05) is 26.0 Å². The maximum atomic E-state index is 12.2. The molecule has 1 aromatic rings. The molecule has 0 atom stereocenters. The van der Waals surface area contributed by atoms with Crippen molar-refractivity contribution in [2.45, 2.75) is 19.4 Å². The van der Waals surface area contributed by atoms with Crippen LogP contribution in [0.4, 0.5) is 0 Å². The zero-order valence-electron chi connectivity index (χ0n) is 11.1. The number of amides is 1. The van der Waals surface area contributed by atoms with Crippen LogP contribution in [-0.4, -0.2) is 43.2 Å². The summed E-state index contributed by atoms with van der Waals surface area (Å²) >= 11 is 0. The Hall–Kier alpha value is -1.55. The van der Waals surface area contributed by atoms with Gasteiger partial charge < -0.3 is 14.4 Å². The first-order valence-corrected chi connectivity index (χ1v) is 6.15. The minimum Gasteiger partial charge on any atom is -0.497 e. The quantitative estimate of drug-likeness (QED) is 0.818. The van der Waals surface area contributed by atoms with Gasteiger partial charge in [-0.1, -0.05) is 6.07 Å². The Balaban J connectivity index is 2.01. The molecule has 18 heavy (non-hydrogen) atoms. The highest BCUT2D eigenvalue weighted by atomic mass is 16.5. The summed E-state index contributed by atoms with van der Waals surface area (Å²) in [6, 6.07) is 7.23. The fourth-order valence-corrected chi connectivity index (χ4v) is 2.28. The summed E-state index contributed by atoms with van der Waals surface area (Å²) in [6.45, 7) is 5.98. The number of hydrogen-bond donors (Lipinski definition) is 0. The monoisotopic (exact) mass is 249 g/mol. The van der Waals surface area contributed by atoms with Gasteiger partial charge in [-0.15, -0.1) is 0 Å². The number of nitrogens with zero attached hydrogens (tertiary/aromatic N) is 1. The molecule has 1 heterocycles. The third-order valence-corrected chi connectivity index (χ3v) is 3.15. The maximum Gasteiger partial charge on any atom is 0.254 e. The molecule has 1 aromatic carbocycles. The van der Waals surface area contributed by atoms with Crippen molar-refractivity contribution < 1.29 is 14.3 Å². The minimum atomic E-state index is -0.177. The zero-order valence-corrected chi connectivity index (χ0v) is 11.1. The summed E-state index contributed by atoms with van der Waals surface area (Å²) < 4.78 is 10.7. The van der Waals surface area contributed by atoms with E-state index in [1.165, 1.54) is 0 Å². The van der Waals surface area contributed by atoms with E-state index in [2.05, 4.69) is 0 Å². The van der Waals surface area contributed by atoms with E-state index < -0.39 is 0 Å². The van der Waals surface area contributed by atoms with E-state index in [1.54, 1.807) is 24.1 Å². The van der Waals surface area contributed by atoms with E-state index in [-0.39, 0.29) is 11.5 Å². The lowest BCUT2D eigenvalue weighted by Crippen LogP contribution is -2.63. The average molecular weight is 249 g/mol. The molecule has 2 rings (SSSR count). The number of hydrogen-bond acceptors (Lipinski definition) is 3. The molecule has 98 valence electrons. The van der Waals surface area contributed by atoms with Crippen molar-refractivity contribution in [2.24, 2.45) is 0 Å². The van der Waals surface area contributed by atoms with Gasteiger partial charge in [-0.2, -0.15) is 0 Å². The fraction of sp³-hybridized carbons (Fsp3) is 0.500. The fourth-order valence-electron chi connectivity index (χ4n) is 2.28. The number of likely N-dealkylation sites (tertiary alicyclic amines) is 1. The number of rotatable bonds is 4. The lowest BCUT2D eigenvalue weighted by Gasteiger charge is -2.47. The Morgan fingerprint density at radius 3 is 2.78 bits per heavy atom. The minimum absolute atomic E-state index is 0.0334. The van der Waals surface area contributed by atoms with Crippen molar-refractivity contribution >= 4 is 5.91 Å². The van der Waals surface area contributed by atoms with E-state index in [9.17, 15) is 4.79 Å². The van der Waals surface area contributed by atoms with Crippen molar-refractivity contribution in [1.29, 1.82) is 0 Å². The Kier molecular flexibility index (Phi) is 3.57. The van der Waals surface area contributed by atoms with Crippen LogP contribution < -0.4 is 4.74 Å². The van der Waals surface area contributed by atoms with Gasteiger partial charge in [-0.3, -0.25) is 4.79 Å². The zero-order chi connectivity index (χ0) is 13.2. The summed E-state index contributed by atoms with van der Waals surface area (Å²) in [5.74, 6) is 0.736. The Morgan fingerprint density at radius 1 is 1.44 bits per heavy atom. The second-order valence-corrected chi connectivity index (χ2v) is 4.78. The van der Waals surface area contributed by atoms with E-state index in [0.29, 0.717) is 31.0 Å². The number of methoxy groups -OCH3 is 1. The Bertz CT molecular complexity index is 438. The highest BCUT2D eigenvalue weighted by molar-refractivity contribution is 5.95. The summed E-state index contributed by atoms with van der Waals surface area (Å²) in [5.41, 5.74) is 0.483. The lowest BCUT2D eigenvalue weighted by molar-refractivity contribution is -0.113. The van der Waals surface area contributed by atoms with Gasteiger partial charge in [-0.05, 0) is 32.0 Å². The first kappa shape index (κ1) is 12.9. The highest BCUT2D eigenvalue weighted by Crippen LogP contribution is 2.26. The van der Waals surface area contributed by atoms with E-state index in [0.717, 1.165) is 0 Å². The van der Waals surface area contributed by atoms with Crippen LogP contribution in [0.15, 0.2) is 24.3 Å². The van der Waals surface area contributed by atoms with Crippen molar-refractivity contribution in [3.63, 3.8) is 0 Å². The summed E-state index contributed by atoms with van der Waals surface area (Å²) in [4.78, 5) is 14.0. The molecule has 1 aliphatic heterocycles. The SMILES string of the molecule is CCOC1(C)CN(C(=O)c2cccc(OC)c2)C1. The number of benzene rings is 1. The van der Waals surface area contributed by atoms with Crippen LogP contribution in [0.5, 0.6) is 5.75 Å². The van der Waals surface area contributed by atoms with Crippen LogP contribution in [0, 0.1) is 0 Å². The van der Waals surface area contributed by atoms with Crippen molar-refractivity contribution in [2.75, 3.05) is 26.8 Å². The normalized spacial score (nSPS) is 17.2. The molecule has 0 aromatic heterocycles. The third-order valence-electron chi connectivity index (χ3n) is 3.15. The topological polar surface area (TPSA) is 38.8 Å². The van der Waals surface area contributed by atoms with Gasteiger partial charge in [0.15, 0.2) is 0 Å². The van der Waals surface area contributed by atoms with Crippen LogP contribution in [0.3, 0.4) is 0 Å².